The number of carbonyl (C=O) groups excluding carboxylic acids is 1. The number of benzene rings is 1. The first-order valence-electron chi connectivity index (χ1n) is 11.3. The van der Waals surface area contributed by atoms with Gasteiger partial charge in [0.1, 0.15) is 5.75 Å². The second-order valence-electron chi connectivity index (χ2n) is 8.15. The molecule has 1 saturated carbocycles. The number of carbonyl (C=O) groups is 1. The van der Waals surface area contributed by atoms with Crippen molar-refractivity contribution in [2.24, 2.45) is 4.99 Å². The molecule has 0 unspecified atom stereocenters. The van der Waals surface area contributed by atoms with Crippen LogP contribution in [0, 0.1) is 0 Å². The molecule has 2 heterocycles. The second kappa shape index (κ2) is 10.4. The summed E-state index contributed by atoms with van der Waals surface area (Å²) in [6, 6.07) is 11.9. The Bertz CT molecular complexity index is 849. The zero-order chi connectivity index (χ0) is 21.5. The average molecular weight is 425 g/mol. The molecule has 0 atom stereocenters. The van der Waals surface area contributed by atoms with Gasteiger partial charge in [0.25, 0.3) is 5.91 Å². The summed E-state index contributed by atoms with van der Waals surface area (Å²) in [5.74, 6) is 2.20. The monoisotopic (exact) mass is 424 g/mol. The molecule has 2 aromatic rings. The van der Waals surface area contributed by atoms with Crippen molar-refractivity contribution in [1.82, 2.24) is 15.1 Å². The Hall–Kier alpha value is -2.96. The molecule has 4 rings (SSSR count). The molecule has 7 heteroatoms. The minimum atomic E-state index is -0.0482. The number of guanidine groups is 1. The number of ether oxygens (including phenoxy) is 1. The lowest BCUT2D eigenvalue weighted by molar-refractivity contribution is 0.0658. The number of rotatable bonds is 6. The first-order valence-corrected chi connectivity index (χ1v) is 11.3. The van der Waals surface area contributed by atoms with Gasteiger partial charge in [0.05, 0.1) is 12.4 Å². The molecule has 1 aromatic carbocycles. The lowest BCUT2D eigenvalue weighted by Gasteiger charge is -2.36. The number of amides is 1. The fourth-order valence-corrected chi connectivity index (χ4v) is 4.26. The molecule has 2 aliphatic rings. The number of nitrogens with zero attached hydrogens (tertiary/aromatic N) is 3. The van der Waals surface area contributed by atoms with Gasteiger partial charge in [-0.3, -0.25) is 9.79 Å². The summed E-state index contributed by atoms with van der Waals surface area (Å²) in [7, 11) is 1.80. The van der Waals surface area contributed by atoms with Crippen LogP contribution in [0.4, 0.5) is 0 Å². The SMILES string of the molecule is CN=C(NCCc1ccc(OC2CCCC2)cc1)N1CCN(C(=O)c2ccco2)CC1. The van der Waals surface area contributed by atoms with Crippen molar-refractivity contribution in [2.75, 3.05) is 39.8 Å². The van der Waals surface area contributed by atoms with Gasteiger partial charge in [0.2, 0.25) is 0 Å². The van der Waals surface area contributed by atoms with Crippen molar-refractivity contribution >= 4 is 11.9 Å². The van der Waals surface area contributed by atoms with Gasteiger partial charge in [0.15, 0.2) is 11.7 Å². The fourth-order valence-electron chi connectivity index (χ4n) is 4.26. The van der Waals surface area contributed by atoms with Crippen LogP contribution >= 0.6 is 0 Å². The minimum absolute atomic E-state index is 0.0482. The summed E-state index contributed by atoms with van der Waals surface area (Å²) in [4.78, 5) is 20.9. The Labute approximate surface area is 184 Å². The molecule has 1 aliphatic carbocycles. The number of furan rings is 1. The number of piperazine rings is 1. The molecule has 1 N–H and O–H groups in total. The largest absolute Gasteiger partial charge is 0.490 e. The Morgan fingerprint density at radius 1 is 1.10 bits per heavy atom. The minimum Gasteiger partial charge on any atom is -0.490 e. The molecule has 2 fully saturated rings. The predicted molar refractivity (Wildman–Crippen MR) is 121 cm³/mol. The molecule has 1 amide bonds. The number of hydrogen-bond donors (Lipinski definition) is 1. The van der Waals surface area contributed by atoms with Gasteiger partial charge in [0, 0.05) is 39.8 Å². The van der Waals surface area contributed by atoms with E-state index < -0.39 is 0 Å². The van der Waals surface area contributed by atoms with Crippen LogP contribution in [0.5, 0.6) is 5.75 Å². The van der Waals surface area contributed by atoms with E-state index in [-0.39, 0.29) is 5.91 Å². The third-order valence-corrected chi connectivity index (χ3v) is 6.04. The average Bonchev–Trinajstić information content (AvgIpc) is 3.52. The lowest BCUT2D eigenvalue weighted by Crippen LogP contribution is -2.53. The van der Waals surface area contributed by atoms with Gasteiger partial charge in [-0.25, -0.2) is 0 Å². The Kier molecular flexibility index (Phi) is 7.12. The maximum absolute atomic E-state index is 12.4. The zero-order valence-corrected chi connectivity index (χ0v) is 18.3. The molecule has 7 nitrogen and oxygen atoms in total. The van der Waals surface area contributed by atoms with Crippen LogP contribution in [-0.4, -0.2) is 67.5 Å². The maximum Gasteiger partial charge on any atom is 0.289 e. The standard InChI is InChI=1S/C24H32N4O3/c1-25-24(28-16-14-27(15-17-28)23(29)22-7-4-18-30-22)26-13-12-19-8-10-21(11-9-19)31-20-5-2-3-6-20/h4,7-11,18,20H,2-3,5-6,12-17H2,1H3,(H,25,26). The summed E-state index contributed by atoms with van der Waals surface area (Å²) in [6.45, 7) is 3.62. The van der Waals surface area contributed by atoms with E-state index in [4.69, 9.17) is 9.15 Å². The van der Waals surface area contributed by atoms with Gasteiger partial charge >= 0.3 is 0 Å². The van der Waals surface area contributed by atoms with Crippen molar-refractivity contribution in [2.45, 2.75) is 38.2 Å². The normalized spacial score (nSPS) is 17.8. The van der Waals surface area contributed by atoms with Gasteiger partial charge in [-0.2, -0.15) is 0 Å². The molecule has 1 aromatic heterocycles. The van der Waals surface area contributed by atoms with Gasteiger partial charge in [-0.05, 0) is 61.9 Å². The van der Waals surface area contributed by atoms with E-state index in [2.05, 4.69) is 39.5 Å². The topological polar surface area (TPSA) is 70.3 Å². The van der Waals surface area contributed by atoms with E-state index in [1.54, 1.807) is 19.2 Å². The van der Waals surface area contributed by atoms with E-state index in [0.717, 1.165) is 37.8 Å². The van der Waals surface area contributed by atoms with Crippen LogP contribution in [0.15, 0.2) is 52.1 Å². The summed E-state index contributed by atoms with van der Waals surface area (Å²) >= 11 is 0. The first kappa shape index (κ1) is 21.3. The highest BCUT2D eigenvalue weighted by molar-refractivity contribution is 5.91. The molecule has 166 valence electrons. The van der Waals surface area contributed by atoms with Crippen molar-refractivity contribution < 1.29 is 13.9 Å². The van der Waals surface area contributed by atoms with Crippen molar-refractivity contribution in [3.05, 3.63) is 54.0 Å². The van der Waals surface area contributed by atoms with Crippen molar-refractivity contribution in [1.29, 1.82) is 0 Å². The van der Waals surface area contributed by atoms with Gasteiger partial charge in [-0.1, -0.05) is 12.1 Å². The molecule has 0 spiro atoms. The molecular weight excluding hydrogens is 392 g/mol. The highest BCUT2D eigenvalue weighted by Gasteiger charge is 2.25. The van der Waals surface area contributed by atoms with Crippen molar-refractivity contribution in [3.8, 4) is 5.75 Å². The van der Waals surface area contributed by atoms with E-state index in [9.17, 15) is 4.79 Å². The predicted octanol–water partition coefficient (Wildman–Crippen LogP) is 3.18. The third kappa shape index (κ3) is 5.60. The van der Waals surface area contributed by atoms with Crippen LogP contribution < -0.4 is 10.1 Å². The highest BCUT2D eigenvalue weighted by atomic mass is 16.5. The lowest BCUT2D eigenvalue weighted by atomic mass is 10.1. The highest BCUT2D eigenvalue weighted by Crippen LogP contribution is 2.24. The molecule has 1 aliphatic heterocycles. The number of aliphatic imine (C=N–C) groups is 1. The van der Waals surface area contributed by atoms with E-state index in [1.807, 2.05) is 4.90 Å². The quantitative estimate of drug-likeness (QED) is 0.570. The summed E-state index contributed by atoms with van der Waals surface area (Å²) in [5, 5.41) is 3.46. The van der Waals surface area contributed by atoms with E-state index in [0.29, 0.717) is 25.0 Å². The molecule has 1 saturated heterocycles. The number of nitrogens with one attached hydrogen (secondary N) is 1. The van der Waals surface area contributed by atoms with E-state index in [1.165, 1.54) is 37.5 Å². The van der Waals surface area contributed by atoms with Gasteiger partial charge < -0.3 is 24.3 Å². The smallest absolute Gasteiger partial charge is 0.289 e. The van der Waals surface area contributed by atoms with Crippen LogP contribution in [0.1, 0.15) is 41.8 Å². The summed E-state index contributed by atoms with van der Waals surface area (Å²) in [5.41, 5.74) is 1.27. The molecule has 0 radical (unpaired) electrons. The van der Waals surface area contributed by atoms with Crippen LogP contribution in [0.3, 0.4) is 0 Å². The third-order valence-electron chi connectivity index (χ3n) is 6.04. The van der Waals surface area contributed by atoms with E-state index >= 15 is 0 Å². The first-order chi connectivity index (χ1) is 15.2. The Morgan fingerprint density at radius 2 is 1.81 bits per heavy atom. The summed E-state index contributed by atoms with van der Waals surface area (Å²) < 4.78 is 11.3. The van der Waals surface area contributed by atoms with Gasteiger partial charge in [-0.15, -0.1) is 0 Å². The fraction of sp³-hybridized carbons (Fsp3) is 0.500. The molecule has 0 bridgehead atoms. The summed E-state index contributed by atoms with van der Waals surface area (Å²) in [6.07, 6.45) is 7.76. The molecule has 31 heavy (non-hydrogen) atoms. The Balaban J connectivity index is 1.20. The second-order valence-corrected chi connectivity index (χ2v) is 8.15. The van der Waals surface area contributed by atoms with Crippen LogP contribution in [0.2, 0.25) is 0 Å². The maximum atomic E-state index is 12.4. The zero-order valence-electron chi connectivity index (χ0n) is 18.3. The van der Waals surface area contributed by atoms with Crippen LogP contribution in [0.25, 0.3) is 0 Å². The molecular formula is C24H32N4O3. The number of hydrogen-bond acceptors (Lipinski definition) is 4. The van der Waals surface area contributed by atoms with Crippen molar-refractivity contribution in [3.63, 3.8) is 0 Å². The van der Waals surface area contributed by atoms with Crippen LogP contribution in [-0.2, 0) is 6.42 Å². The Morgan fingerprint density at radius 3 is 2.45 bits per heavy atom.